The van der Waals surface area contributed by atoms with Crippen molar-refractivity contribution in [3.63, 3.8) is 0 Å². The smallest absolute Gasteiger partial charge is 0.322 e. The second kappa shape index (κ2) is 7.07. The minimum absolute atomic E-state index is 0.267. The summed E-state index contributed by atoms with van der Waals surface area (Å²) in [5.74, 6) is -1.68. The monoisotopic (exact) mass is 283 g/mol. The van der Waals surface area contributed by atoms with Crippen LogP contribution in [0.1, 0.15) is 39.5 Å². The maximum absolute atomic E-state index is 12.1. The van der Waals surface area contributed by atoms with Crippen LogP contribution in [-0.2, 0) is 19.1 Å². The molecule has 0 saturated heterocycles. The van der Waals surface area contributed by atoms with E-state index in [1.165, 1.54) is 6.92 Å². The first-order chi connectivity index (χ1) is 9.33. The predicted molar refractivity (Wildman–Crippen MR) is 71.9 cm³/mol. The van der Waals surface area contributed by atoms with E-state index in [1.54, 1.807) is 0 Å². The molecule has 0 heterocycles. The molecule has 0 aromatic heterocycles. The van der Waals surface area contributed by atoms with Crippen LogP contribution in [0.4, 0.5) is 0 Å². The van der Waals surface area contributed by atoms with Gasteiger partial charge in [0.15, 0.2) is 0 Å². The van der Waals surface area contributed by atoms with Gasteiger partial charge in [-0.25, -0.2) is 0 Å². The highest BCUT2D eigenvalue weighted by atomic mass is 16.5. The second-order valence-electron chi connectivity index (χ2n) is 5.29. The topological polar surface area (TPSA) is 92.7 Å². The van der Waals surface area contributed by atoms with Crippen molar-refractivity contribution in [3.05, 3.63) is 12.2 Å². The Labute approximate surface area is 118 Å². The van der Waals surface area contributed by atoms with Gasteiger partial charge in [0.05, 0.1) is 0 Å². The quantitative estimate of drug-likeness (QED) is 0.598. The van der Waals surface area contributed by atoms with Gasteiger partial charge in [-0.15, -0.1) is 0 Å². The van der Waals surface area contributed by atoms with Crippen LogP contribution < -0.4 is 5.32 Å². The minimum atomic E-state index is -1.06. The number of nitrogens with one attached hydrogen (secondary N) is 1. The predicted octanol–water partition coefficient (Wildman–Crippen LogP) is 1.26. The number of aliphatic carboxylic acids is 1. The number of hydrogen-bond acceptors (Lipinski definition) is 4. The fraction of sp³-hybridized carbons (Fsp3) is 0.643. The Morgan fingerprint density at radius 2 is 2.10 bits per heavy atom. The number of allylic oxidation sites excluding steroid dienone is 1. The SMILES string of the molecule is CC(=O)O[C@H]1/C=C/CC[C@@](C)(C(=O)NCC(=O)O)CC1. The van der Waals surface area contributed by atoms with Gasteiger partial charge in [-0.05, 0) is 31.8 Å². The van der Waals surface area contributed by atoms with Gasteiger partial charge in [-0.2, -0.15) is 0 Å². The van der Waals surface area contributed by atoms with E-state index in [9.17, 15) is 14.4 Å². The second-order valence-corrected chi connectivity index (χ2v) is 5.29. The Morgan fingerprint density at radius 1 is 1.40 bits per heavy atom. The van der Waals surface area contributed by atoms with Crippen molar-refractivity contribution in [1.29, 1.82) is 0 Å². The van der Waals surface area contributed by atoms with E-state index in [4.69, 9.17) is 9.84 Å². The molecule has 0 fully saturated rings. The lowest BCUT2D eigenvalue weighted by Gasteiger charge is -2.30. The van der Waals surface area contributed by atoms with Crippen LogP contribution in [0.3, 0.4) is 0 Å². The van der Waals surface area contributed by atoms with Gasteiger partial charge in [-0.3, -0.25) is 14.4 Å². The van der Waals surface area contributed by atoms with Crippen LogP contribution in [-0.4, -0.2) is 35.6 Å². The molecule has 2 N–H and O–H groups in total. The first-order valence-corrected chi connectivity index (χ1v) is 6.67. The number of ether oxygens (including phenoxy) is 1. The summed E-state index contributed by atoms with van der Waals surface area (Å²) >= 11 is 0. The fourth-order valence-corrected chi connectivity index (χ4v) is 2.24. The maximum Gasteiger partial charge on any atom is 0.322 e. The normalized spacial score (nSPS) is 27.8. The van der Waals surface area contributed by atoms with Crippen LogP contribution >= 0.6 is 0 Å². The zero-order valence-electron chi connectivity index (χ0n) is 11.8. The molecule has 0 aromatic carbocycles. The molecule has 20 heavy (non-hydrogen) atoms. The average molecular weight is 283 g/mol. The summed E-state index contributed by atoms with van der Waals surface area (Å²) in [5.41, 5.74) is -0.640. The van der Waals surface area contributed by atoms with Crippen molar-refractivity contribution in [2.24, 2.45) is 5.41 Å². The Kier molecular flexibility index (Phi) is 5.73. The minimum Gasteiger partial charge on any atom is -0.480 e. The lowest BCUT2D eigenvalue weighted by atomic mass is 9.78. The highest BCUT2D eigenvalue weighted by molar-refractivity contribution is 5.85. The number of esters is 1. The Hall–Kier alpha value is -1.85. The van der Waals surface area contributed by atoms with Crippen molar-refractivity contribution in [1.82, 2.24) is 5.32 Å². The number of hydrogen-bond donors (Lipinski definition) is 2. The Morgan fingerprint density at radius 3 is 2.70 bits per heavy atom. The van der Waals surface area contributed by atoms with E-state index in [2.05, 4.69) is 5.32 Å². The van der Waals surface area contributed by atoms with Crippen molar-refractivity contribution in [2.45, 2.75) is 45.6 Å². The summed E-state index contributed by atoms with van der Waals surface area (Å²) in [7, 11) is 0. The molecule has 6 nitrogen and oxygen atoms in total. The molecular weight excluding hydrogens is 262 g/mol. The lowest BCUT2D eigenvalue weighted by Crippen LogP contribution is -2.42. The van der Waals surface area contributed by atoms with Gasteiger partial charge in [-0.1, -0.05) is 13.0 Å². The Balaban J connectivity index is 2.66. The molecule has 0 bridgehead atoms. The van der Waals surface area contributed by atoms with Crippen LogP contribution in [0.25, 0.3) is 0 Å². The molecule has 0 radical (unpaired) electrons. The van der Waals surface area contributed by atoms with E-state index in [0.29, 0.717) is 25.7 Å². The highest BCUT2D eigenvalue weighted by Gasteiger charge is 2.34. The summed E-state index contributed by atoms with van der Waals surface area (Å²) in [4.78, 5) is 33.6. The zero-order valence-corrected chi connectivity index (χ0v) is 11.8. The van der Waals surface area contributed by atoms with E-state index < -0.39 is 11.4 Å². The van der Waals surface area contributed by atoms with Crippen molar-refractivity contribution in [3.8, 4) is 0 Å². The highest BCUT2D eigenvalue weighted by Crippen LogP contribution is 2.32. The summed E-state index contributed by atoms with van der Waals surface area (Å²) in [6, 6.07) is 0. The van der Waals surface area contributed by atoms with Gasteiger partial charge in [0.2, 0.25) is 5.91 Å². The first kappa shape index (κ1) is 16.2. The maximum atomic E-state index is 12.1. The van der Waals surface area contributed by atoms with Crippen molar-refractivity contribution in [2.75, 3.05) is 6.54 Å². The molecule has 1 rings (SSSR count). The van der Waals surface area contributed by atoms with E-state index in [1.807, 2.05) is 19.1 Å². The molecule has 0 aromatic rings. The van der Waals surface area contributed by atoms with Crippen LogP contribution in [0, 0.1) is 5.41 Å². The first-order valence-electron chi connectivity index (χ1n) is 6.67. The molecule has 0 aliphatic heterocycles. The van der Waals surface area contributed by atoms with Crippen LogP contribution in [0.15, 0.2) is 12.2 Å². The standard InChI is InChI=1S/C14H21NO5/c1-10(16)20-11-5-3-4-7-14(2,8-6-11)13(19)15-9-12(17)18/h3,5,11H,4,6-9H2,1-2H3,(H,15,19)(H,17,18)/b5-3+/t11-,14+/m0/s1. The molecule has 2 atom stereocenters. The van der Waals surface area contributed by atoms with Crippen molar-refractivity contribution >= 4 is 17.8 Å². The van der Waals surface area contributed by atoms with Gasteiger partial charge < -0.3 is 15.2 Å². The molecule has 6 heteroatoms. The lowest BCUT2D eigenvalue weighted by molar-refractivity contribution is -0.145. The fourth-order valence-electron chi connectivity index (χ4n) is 2.24. The van der Waals surface area contributed by atoms with Gasteiger partial charge in [0.1, 0.15) is 12.6 Å². The summed E-state index contributed by atoms with van der Waals surface area (Å²) < 4.78 is 5.15. The zero-order chi connectivity index (χ0) is 15.2. The number of carboxylic acid groups (broad SMARTS) is 1. The van der Waals surface area contributed by atoms with Gasteiger partial charge in [0, 0.05) is 12.3 Å². The molecule has 0 saturated carbocycles. The number of rotatable bonds is 4. The molecule has 1 aliphatic rings. The number of carbonyl (C=O) groups excluding carboxylic acids is 2. The summed E-state index contributed by atoms with van der Waals surface area (Å²) in [5, 5.41) is 11.0. The number of amides is 1. The van der Waals surface area contributed by atoms with Crippen molar-refractivity contribution < 1.29 is 24.2 Å². The third-order valence-electron chi connectivity index (χ3n) is 3.46. The summed E-state index contributed by atoms with van der Waals surface area (Å²) in [6.45, 7) is 2.79. The van der Waals surface area contributed by atoms with Crippen LogP contribution in [0.5, 0.6) is 0 Å². The third kappa shape index (κ3) is 5.03. The molecule has 1 amide bonds. The van der Waals surface area contributed by atoms with E-state index >= 15 is 0 Å². The van der Waals surface area contributed by atoms with Gasteiger partial charge in [0.25, 0.3) is 0 Å². The molecule has 112 valence electrons. The Bertz CT molecular complexity index is 418. The van der Waals surface area contributed by atoms with E-state index in [0.717, 1.165) is 0 Å². The van der Waals surface area contributed by atoms with Crippen LogP contribution in [0.2, 0.25) is 0 Å². The molecule has 1 aliphatic carbocycles. The number of carboxylic acids is 1. The third-order valence-corrected chi connectivity index (χ3v) is 3.46. The molecule has 0 spiro atoms. The molecule has 0 unspecified atom stereocenters. The largest absolute Gasteiger partial charge is 0.480 e. The summed E-state index contributed by atoms with van der Waals surface area (Å²) in [6.07, 6.45) is 5.84. The van der Waals surface area contributed by atoms with Gasteiger partial charge >= 0.3 is 11.9 Å². The average Bonchev–Trinajstić information content (AvgIpc) is 2.34. The van der Waals surface area contributed by atoms with E-state index in [-0.39, 0.29) is 24.5 Å². The molecular formula is C14H21NO5. The number of carbonyl (C=O) groups is 3.